The summed E-state index contributed by atoms with van der Waals surface area (Å²) in [6.45, 7) is 2.04. The van der Waals surface area contributed by atoms with E-state index in [9.17, 15) is 8.78 Å². The molecule has 0 amide bonds. The van der Waals surface area contributed by atoms with Crippen molar-refractivity contribution in [2.75, 3.05) is 20.3 Å². The van der Waals surface area contributed by atoms with Crippen molar-refractivity contribution in [2.24, 2.45) is 0 Å². The van der Waals surface area contributed by atoms with E-state index in [1.165, 1.54) is 12.1 Å². The molecule has 1 heterocycles. The minimum atomic E-state index is -0.802. The molecule has 1 aromatic rings. The van der Waals surface area contributed by atoms with Crippen molar-refractivity contribution in [3.05, 3.63) is 35.4 Å². The highest BCUT2D eigenvalue weighted by Gasteiger charge is 2.42. The lowest BCUT2D eigenvalue weighted by molar-refractivity contribution is -0.0326. The highest BCUT2D eigenvalue weighted by Crippen LogP contribution is 2.32. The molecule has 1 aliphatic carbocycles. The van der Waals surface area contributed by atoms with Crippen LogP contribution in [0, 0.1) is 11.6 Å². The third-order valence-corrected chi connectivity index (χ3v) is 4.31. The Bertz CT molecular complexity index is 483. The molecule has 0 unspecified atom stereocenters. The van der Waals surface area contributed by atoms with E-state index in [-0.39, 0.29) is 12.2 Å². The lowest BCUT2D eigenvalue weighted by atomic mass is 10.1. The molecule has 3 rings (SSSR count). The predicted octanol–water partition coefficient (Wildman–Crippen LogP) is 2.34. The Morgan fingerprint density at radius 1 is 1.30 bits per heavy atom. The lowest BCUT2D eigenvalue weighted by Crippen LogP contribution is -2.42. The maximum absolute atomic E-state index is 13.3. The summed E-state index contributed by atoms with van der Waals surface area (Å²) in [4.78, 5) is 2.26. The normalized spacial score (nSPS) is 30.4. The SMILES string of the molecule is CO[C@@H]1[C@H]2CC[C@H]1OCCN2Cc1ccc(F)c(F)c1. The van der Waals surface area contributed by atoms with Gasteiger partial charge in [-0.15, -0.1) is 0 Å². The van der Waals surface area contributed by atoms with Crippen LogP contribution in [0.3, 0.4) is 0 Å². The van der Waals surface area contributed by atoms with Gasteiger partial charge in [0.15, 0.2) is 11.6 Å². The Hall–Kier alpha value is -1.04. The summed E-state index contributed by atoms with van der Waals surface area (Å²) >= 11 is 0. The third-order valence-electron chi connectivity index (χ3n) is 4.31. The second-order valence-electron chi connectivity index (χ2n) is 5.47. The van der Waals surface area contributed by atoms with Crippen molar-refractivity contribution in [2.45, 2.75) is 37.6 Å². The molecule has 2 fully saturated rings. The number of fused-ring (bicyclic) bond motifs is 2. The number of methoxy groups -OCH3 is 1. The van der Waals surface area contributed by atoms with Gasteiger partial charge < -0.3 is 9.47 Å². The van der Waals surface area contributed by atoms with Crippen LogP contribution in [0.25, 0.3) is 0 Å². The van der Waals surface area contributed by atoms with Crippen molar-refractivity contribution in [1.82, 2.24) is 4.90 Å². The van der Waals surface area contributed by atoms with Crippen LogP contribution in [0.4, 0.5) is 8.78 Å². The maximum Gasteiger partial charge on any atom is 0.159 e. The highest BCUT2D eigenvalue weighted by atomic mass is 19.2. The smallest absolute Gasteiger partial charge is 0.159 e. The number of hydrogen-bond donors (Lipinski definition) is 0. The van der Waals surface area contributed by atoms with Gasteiger partial charge in [0.1, 0.15) is 0 Å². The molecular weight excluding hydrogens is 264 g/mol. The van der Waals surface area contributed by atoms with Gasteiger partial charge in [0.2, 0.25) is 0 Å². The molecule has 1 saturated heterocycles. The first-order valence-corrected chi connectivity index (χ1v) is 7.01. The van der Waals surface area contributed by atoms with E-state index in [4.69, 9.17) is 9.47 Å². The molecule has 0 spiro atoms. The van der Waals surface area contributed by atoms with Gasteiger partial charge in [-0.25, -0.2) is 8.78 Å². The van der Waals surface area contributed by atoms with Gasteiger partial charge >= 0.3 is 0 Å². The summed E-state index contributed by atoms with van der Waals surface area (Å²) in [5.41, 5.74) is 0.782. The van der Waals surface area contributed by atoms with Crippen molar-refractivity contribution < 1.29 is 18.3 Å². The highest BCUT2D eigenvalue weighted by molar-refractivity contribution is 5.18. The van der Waals surface area contributed by atoms with Gasteiger partial charge in [-0.1, -0.05) is 6.07 Å². The van der Waals surface area contributed by atoms with Crippen LogP contribution in [0.1, 0.15) is 18.4 Å². The molecule has 2 bridgehead atoms. The van der Waals surface area contributed by atoms with Crippen LogP contribution in [0.15, 0.2) is 18.2 Å². The first-order chi connectivity index (χ1) is 9.69. The van der Waals surface area contributed by atoms with Crippen LogP contribution >= 0.6 is 0 Å². The molecule has 3 atom stereocenters. The van der Waals surface area contributed by atoms with Crippen LogP contribution in [-0.4, -0.2) is 43.4 Å². The maximum atomic E-state index is 13.3. The Kier molecular flexibility index (Phi) is 4.01. The fourth-order valence-corrected chi connectivity index (χ4v) is 3.34. The average molecular weight is 283 g/mol. The van der Waals surface area contributed by atoms with Crippen LogP contribution in [0.5, 0.6) is 0 Å². The quantitative estimate of drug-likeness (QED) is 0.850. The largest absolute Gasteiger partial charge is 0.377 e. The molecule has 110 valence electrons. The van der Waals surface area contributed by atoms with E-state index in [2.05, 4.69) is 4.90 Å². The topological polar surface area (TPSA) is 21.7 Å². The summed E-state index contributed by atoms with van der Waals surface area (Å²) in [5.74, 6) is -1.59. The molecule has 2 aliphatic rings. The van der Waals surface area contributed by atoms with Crippen LogP contribution in [0.2, 0.25) is 0 Å². The van der Waals surface area contributed by atoms with E-state index in [1.54, 1.807) is 13.2 Å². The summed E-state index contributed by atoms with van der Waals surface area (Å²) in [6, 6.07) is 4.39. The van der Waals surface area contributed by atoms with Gasteiger partial charge in [-0.05, 0) is 30.5 Å². The van der Waals surface area contributed by atoms with Gasteiger partial charge in [0.25, 0.3) is 0 Å². The molecule has 1 aromatic carbocycles. The van der Waals surface area contributed by atoms with E-state index < -0.39 is 11.6 Å². The van der Waals surface area contributed by atoms with Gasteiger partial charge in [0.05, 0.1) is 18.8 Å². The molecule has 0 N–H and O–H groups in total. The molecule has 0 radical (unpaired) electrons. The fourth-order valence-electron chi connectivity index (χ4n) is 3.34. The molecule has 5 heteroatoms. The first-order valence-electron chi connectivity index (χ1n) is 7.01. The molecule has 1 saturated carbocycles. The number of halogens is 2. The number of nitrogens with zero attached hydrogens (tertiary/aromatic N) is 1. The Morgan fingerprint density at radius 2 is 2.15 bits per heavy atom. The third kappa shape index (κ3) is 2.57. The van der Waals surface area contributed by atoms with Crippen LogP contribution < -0.4 is 0 Å². The van der Waals surface area contributed by atoms with Crippen molar-refractivity contribution >= 4 is 0 Å². The zero-order chi connectivity index (χ0) is 14.1. The fraction of sp³-hybridized carbons (Fsp3) is 0.600. The average Bonchev–Trinajstić information content (AvgIpc) is 2.75. The zero-order valence-electron chi connectivity index (χ0n) is 11.5. The van der Waals surface area contributed by atoms with Gasteiger partial charge in [-0.3, -0.25) is 4.90 Å². The van der Waals surface area contributed by atoms with Crippen LogP contribution in [-0.2, 0) is 16.0 Å². The number of ether oxygens (including phenoxy) is 2. The van der Waals surface area contributed by atoms with Gasteiger partial charge in [-0.2, -0.15) is 0 Å². The Labute approximate surface area is 117 Å². The lowest BCUT2D eigenvalue weighted by Gasteiger charge is -2.30. The summed E-state index contributed by atoms with van der Waals surface area (Å²) < 4.78 is 37.7. The molecule has 20 heavy (non-hydrogen) atoms. The predicted molar refractivity (Wildman–Crippen MR) is 70.3 cm³/mol. The number of rotatable bonds is 3. The summed E-state index contributed by atoms with van der Waals surface area (Å²) in [7, 11) is 1.71. The number of hydrogen-bond acceptors (Lipinski definition) is 3. The first kappa shape index (κ1) is 13.9. The Balaban J connectivity index is 1.76. The van der Waals surface area contributed by atoms with E-state index in [0.717, 1.165) is 24.9 Å². The van der Waals surface area contributed by atoms with E-state index >= 15 is 0 Å². The molecular formula is C15H19F2NO2. The van der Waals surface area contributed by atoms with Crippen molar-refractivity contribution in [1.29, 1.82) is 0 Å². The van der Waals surface area contributed by atoms with Crippen molar-refractivity contribution in [3.8, 4) is 0 Å². The second kappa shape index (κ2) is 5.76. The van der Waals surface area contributed by atoms with E-state index in [0.29, 0.717) is 19.2 Å². The van der Waals surface area contributed by atoms with E-state index in [1.807, 2.05) is 0 Å². The number of benzene rings is 1. The minimum absolute atomic E-state index is 0.0720. The molecule has 0 aromatic heterocycles. The van der Waals surface area contributed by atoms with Gasteiger partial charge in [0, 0.05) is 26.2 Å². The second-order valence-corrected chi connectivity index (χ2v) is 5.47. The molecule has 3 nitrogen and oxygen atoms in total. The van der Waals surface area contributed by atoms with Crippen molar-refractivity contribution in [3.63, 3.8) is 0 Å². The zero-order valence-corrected chi connectivity index (χ0v) is 11.5. The summed E-state index contributed by atoms with van der Waals surface area (Å²) in [5, 5.41) is 0. The standard InChI is InChI=1S/C15H19F2NO2/c1-19-15-13-4-5-14(15)20-7-6-18(13)9-10-2-3-11(16)12(17)8-10/h2-3,8,13-15H,4-7,9H2,1H3/t13-,14-,15-/m1/s1. The monoisotopic (exact) mass is 283 g/mol. The Morgan fingerprint density at radius 3 is 2.90 bits per heavy atom. The molecule has 1 aliphatic heterocycles. The summed E-state index contributed by atoms with van der Waals surface area (Å²) in [6.07, 6.45) is 2.26. The minimum Gasteiger partial charge on any atom is -0.377 e.